The number of anilines is 2. The Kier molecular flexibility index (Phi) is 6.61. The number of pyridine rings is 1. The van der Waals surface area contributed by atoms with Crippen LogP contribution in [-0.2, 0) is 10.0 Å². The minimum atomic E-state index is -3.60. The summed E-state index contributed by atoms with van der Waals surface area (Å²) < 4.78 is 29.5. The first-order valence-electron chi connectivity index (χ1n) is 12.2. The normalized spacial score (nSPS) is 18.3. The molecule has 1 aliphatic carbocycles. The van der Waals surface area contributed by atoms with E-state index in [-0.39, 0.29) is 29.0 Å². The molecule has 0 radical (unpaired) electrons. The van der Waals surface area contributed by atoms with E-state index in [2.05, 4.69) is 15.3 Å². The number of nitrogens with one attached hydrogen (secondary N) is 1. The summed E-state index contributed by atoms with van der Waals surface area (Å²) >= 11 is 0. The van der Waals surface area contributed by atoms with Crippen molar-refractivity contribution in [3.8, 4) is 0 Å². The average molecular weight is 498 g/mol. The fraction of sp³-hybridized carbons (Fsp3) is 0.480. The van der Waals surface area contributed by atoms with Gasteiger partial charge >= 0.3 is 0 Å². The van der Waals surface area contributed by atoms with Crippen LogP contribution in [0.3, 0.4) is 0 Å². The summed E-state index contributed by atoms with van der Waals surface area (Å²) in [4.78, 5) is 22.0. The van der Waals surface area contributed by atoms with Gasteiger partial charge in [0, 0.05) is 49.1 Å². The molecule has 0 spiro atoms. The van der Waals surface area contributed by atoms with Gasteiger partial charge in [0.1, 0.15) is 5.65 Å². The molecule has 0 bridgehead atoms. The lowest BCUT2D eigenvalue weighted by molar-refractivity contribution is 0.170. The monoisotopic (exact) mass is 497 g/mol. The van der Waals surface area contributed by atoms with Gasteiger partial charge in [0.15, 0.2) is 0 Å². The number of piperidine rings is 1. The van der Waals surface area contributed by atoms with Crippen LogP contribution in [0.25, 0.3) is 11.0 Å². The Labute approximate surface area is 204 Å². The van der Waals surface area contributed by atoms with E-state index >= 15 is 0 Å². The third kappa shape index (κ3) is 4.70. The predicted molar refractivity (Wildman–Crippen MR) is 134 cm³/mol. The highest BCUT2D eigenvalue weighted by Gasteiger charge is 2.29. The van der Waals surface area contributed by atoms with Crippen molar-refractivity contribution in [3.63, 3.8) is 0 Å². The number of hydrogen-bond acceptors (Lipinski definition) is 7. The zero-order valence-electron chi connectivity index (χ0n) is 19.9. The van der Waals surface area contributed by atoms with Crippen LogP contribution in [0.1, 0.15) is 50.1 Å². The maximum atomic E-state index is 13.1. The largest absolute Gasteiger partial charge is 0.396 e. The van der Waals surface area contributed by atoms with Gasteiger partial charge in [0.25, 0.3) is 5.56 Å². The number of hydrogen-bond donors (Lipinski definition) is 2. The smallest absolute Gasteiger partial charge is 0.252 e. The Bertz CT molecular complexity index is 1390. The fourth-order valence-electron chi connectivity index (χ4n) is 5.15. The summed E-state index contributed by atoms with van der Waals surface area (Å²) in [5.74, 6) is 0.529. The minimum Gasteiger partial charge on any atom is -0.396 e. The van der Waals surface area contributed by atoms with Crippen LogP contribution in [0.5, 0.6) is 0 Å². The lowest BCUT2D eigenvalue weighted by Crippen LogP contribution is -2.39. The summed E-state index contributed by atoms with van der Waals surface area (Å²) in [5, 5.41) is 13.3. The Morgan fingerprint density at radius 3 is 2.51 bits per heavy atom. The summed E-state index contributed by atoms with van der Waals surface area (Å²) in [6, 6.07) is 8.46. The molecule has 35 heavy (non-hydrogen) atoms. The van der Waals surface area contributed by atoms with Gasteiger partial charge in [-0.25, -0.2) is 13.4 Å². The van der Waals surface area contributed by atoms with Crippen LogP contribution >= 0.6 is 0 Å². The number of aromatic nitrogens is 3. The molecule has 1 saturated carbocycles. The molecule has 0 atom stereocenters. The van der Waals surface area contributed by atoms with Gasteiger partial charge in [0.05, 0.1) is 4.90 Å². The van der Waals surface area contributed by atoms with Gasteiger partial charge in [0.2, 0.25) is 16.0 Å². The zero-order valence-corrected chi connectivity index (χ0v) is 20.7. The molecule has 0 amide bonds. The second-order valence-electron chi connectivity index (χ2n) is 9.58. The quantitative estimate of drug-likeness (QED) is 0.536. The van der Waals surface area contributed by atoms with Crippen LogP contribution in [0, 0.1) is 12.8 Å². The van der Waals surface area contributed by atoms with E-state index in [0.717, 1.165) is 36.6 Å². The van der Waals surface area contributed by atoms with Gasteiger partial charge in [-0.3, -0.25) is 9.36 Å². The van der Waals surface area contributed by atoms with Gasteiger partial charge in [-0.1, -0.05) is 12.8 Å². The molecule has 2 aliphatic rings. The molecule has 2 fully saturated rings. The maximum absolute atomic E-state index is 13.1. The van der Waals surface area contributed by atoms with Crippen LogP contribution in [0.4, 0.5) is 11.6 Å². The van der Waals surface area contributed by atoms with Crippen molar-refractivity contribution in [1.29, 1.82) is 0 Å². The van der Waals surface area contributed by atoms with E-state index in [9.17, 15) is 18.3 Å². The molecule has 10 heteroatoms. The number of aryl methyl sites for hydroxylation is 1. The number of benzene rings is 1. The van der Waals surface area contributed by atoms with E-state index in [1.165, 1.54) is 4.31 Å². The zero-order chi connectivity index (χ0) is 24.6. The molecular formula is C25H31N5O4S. The molecule has 0 unspecified atom stereocenters. The Balaban J connectivity index is 1.40. The third-order valence-electron chi connectivity index (χ3n) is 7.27. The summed E-state index contributed by atoms with van der Waals surface area (Å²) in [5.41, 5.74) is 2.02. The number of sulfonamides is 1. The predicted octanol–water partition coefficient (Wildman–Crippen LogP) is 3.35. The first-order chi connectivity index (χ1) is 16.9. The molecule has 2 N–H and O–H groups in total. The standard InChI is InChI=1S/C25H31N5O4S/c1-17-14-21(35(33,34)29-12-10-18(16-31)11-13-29)7-8-22(17)27-25-26-15-19-6-9-23(32)30(24(19)28-25)20-4-2-3-5-20/h6-9,14-15,18,20,31H,2-5,10-13,16H2,1H3,(H,26,27,28). The van der Waals surface area contributed by atoms with Crippen LogP contribution in [-0.4, -0.2) is 52.1 Å². The van der Waals surface area contributed by atoms with Gasteiger partial charge in [-0.15, -0.1) is 0 Å². The molecule has 1 aliphatic heterocycles. The summed E-state index contributed by atoms with van der Waals surface area (Å²) in [7, 11) is -3.60. The van der Waals surface area contributed by atoms with E-state index < -0.39 is 10.0 Å². The highest BCUT2D eigenvalue weighted by atomic mass is 32.2. The SMILES string of the molecule is Cc1cc(S(=O)(=O)N2CCC(CO)CC2)ccc1Nc1ncc2ccc(=O)n(C3CCCC3)c2n1. The van der Waals surface area contributed by atoms with E-state index in [1.54, 1.807) is 41.1 Å². The molecular weight excluding hydrogens is 466 g/mol. The second-order valence-corrected chi connectivity index (χ2v) is 11.5. The van der Waals surface area contributed by atoms with Crippen LogP contribution < -0.4 is 10.9 Å². The first-order valence-corrected chi connectivity index (χ1v) is 13.7. The van der Waals surface area contributed by atoms with Gasteiger partial charge in [-0.05, 0) is 68.4 Å². The molecule has 9 nitrogen and oxygen atoms in total. The fourth-order valence-corrected chi connectivity index (χ4v) is 6.71. The first kappa shape index (κ1) is 23.9. The summed E-state index contributed by atoms with van der Waals surface area (Å²) in [6.07, 6.45) is 7.20. The molecule has 2 aromatic heterocycles. The molecule has 5 rings (SSSR count). The Morgan fingerprint density at radius 1 is 1.09 bits per heavy atom. The molecule has 3 heterocycles. The second kappa shape index (κ2) is 9.67. The third-order valence-corrected chi connectivity index (χ3v) is 9.17. The maximum Gasteiger partial charge on any atom is 0.252 e. The molecule has 1 saturated heterocycles. The van der Waals surface area contributed by atoms with E-state index in [4.69, 9.17) is 0 Å². The van der Waals surface area contributed by atoms with Crippen molar-refractivity contribution >= 4 is 32.7 Å². The Hall–Kier alpha value is -2.82. The number of fused-ring (bicyclic) bond motifs is 1. The molecule has 3 aromatic rings. The van der Waals surface area contributed by atoms with Crippen molar-refractivity contribution in [2.24, 2.45) is 5.92 Å². The van der Waals surface area contributed by atoms with Crippen molar-refractivity contribution in [1.82, 2.24) is 18.8 Å². The van der Waals surface area contributed by atoms with Crippen molar-refractivity contribution in [2.75, 3.05) is 25.0 Å². The van der Waals surface area contributed by atoms with Gasteiger partial charge in [-0.2, -0.15) is 9.29 Å². The highest BCUT2D eigenvalue weighted by Crippen LogP contribution is 2.31. The highest BCUT2D eigenvalue weighted by molar-refractivity contribution is 7.89. The van der Waals surface area contributed by atoms with Crippen molar-refractivity contribution in [2.45, 2.75) is 56.4 Å². The topological polar surface area (TPSA) is 117 Å². The van der Waals surface area contributed by atoms with E-state index in [1.807, 2.05) is 6.92 Å². The van der Waals surface area contributed by atoms with Crippen molar-refractivity contribution in [3.05, 3.63) is 52.4 Å². The number of aliphatic hydroxyl groups is 1. The number of aliphatic hydroxyl groups excluding tert-OH is 1. The minimum absolute atomic E-state index is 0.0530. The Morgan fingerprint density at radius 2 is 1.83 bits per heavy atom. The number of rotatable bonds is 6. The van der Waals surface area contributed by atoms with Crippen LogP contribution in [0.15, 0.2) is 46.2 Å². The number of nitrogens with zero attached hydrogens (tertiary/aromatic N) is 4. The molecule has 1 aromatic carbocycles. The summed E-state index contributed by atoms with van der Waals surface area (Å²) in [6.45, 7) is 2.77. The average Bonchev–Trinajstić information content (AvgIpc) is 3.39. The van der Waals surface area contributed by atoms with Crippen LogP contribution in [0.2, 0.25) is 0 Å². The molecule has 186 valence electrons. The van der Waals surface area contributed by atoms with Gasteiger partial charge < -0.3 is 10.4 Å². The lowest BCUT2D eigenvalue weighted by atomic mass is 10.00. The van der Waals surface area contributed by atoms with Crippen molar-refractivity contribution < 1.29 is 13.5 Å². The lowest BCUT2D eigenvalue weighted by Gasteiger charge is -2.30. The van der Waals surface area contributed by atoms with E-state index in [0.29, 0.717) is 43.2 Å².